The van der Waals surface area contributed by atoms with Crippen LogP contribution >= 0.6 is 11.6 Å². The lowest BCUT2D eigenvalue weighted by molar-refractivity contribution is 0.0766. The van der Waals surface area contributed by atoms with Gasteiger partial charge in [-0.15, -0.1) is 0 Å². The Hall–Kier alpha value is -2.74. The van der Waals surface area contributed by atoms with E-state index in [4.69, 9.17) is 16.1 Å². The van der Waals surface area contributed by atoms with Gasteiger partial charge in [0.15, 0.2) is 5.82 Å². The van der Waals surface area contributed by atoms with E-state index in [0.717, 1.165) is 40.9 Å². The predicted octanol–water partition coefficient (Wildman–Crippen LogP) is 3.65. The van der Waals surface area contributed by atoms with E-state index in [1.165, 1.54) is 0 Å². The van der Waals surface area contributed by atoms with Gasteiger partial charge in [0.05, 0.1) is 6.54 Å². The van der Waals surface area contributed by atoms with Crippen LogP contribution in [0.25, 0.3) is 11.5 Å². The molecule has 2 aromatic carbocycles. The molecule has 3 aromatic rings. The molecular formula is C25H26ClN5O2. The van der Waals surface area contributed by atoms with Gasteiger partial charge in [0.2, 0.25) is 0 Å². The topological polar surface area (TPSA) is 74.5 Å². The Balaban J connectivity index is 1.20. The first kappa shape index (κ1) is 20.8. The number of carbonyl (C=O) groups is 1. The summed E-state index contributed by atoms with van der Waals surface area (Å²) in [6.07, 6.45) is 0. The molecule has 2 saturated heterocycles. The highest BCUT2D eigenvalue weighted by atomic mass is 35.5. The van der Waals surface area contributed by atoms with Crippen molar-refractivity contribution >= 4 is 17.5 Å². The van der Waals surface area contributed by atoms with Crippen LogP contribution in [0.3, 0.4) is 0 Å². The Bertz CT molecular complexity index is 1220. The van der Waals surface area contributed by atoms with Gasteiger partial charge in [-0.3, -0.25) is 9.69 Å². The molecule has 3 aliphatic heterocycles. The molecule has 0 aliphatic carbocycles. The van der Waals surface area contributed by atoms with Gasteiger partial charge in [-0.1, -0.05) is 35.8 Å². The van der Waals surface area contributed by atoms with E-state index in [2.05, 4.69) is 27.3 Å². The van der Waals surface area contributed by atoms with Gasteiger partial charge in [-0.05, 0) is 53.8 Å². The highest BCUT2D eigenvalue weighted by Crippen LogP contribution is 2.33. The Morgan fingerprint density at radius 3 is 2.76 bits per heavy atom. The van der Waals surface area contributed by atoms with Gasteiger partial charge in [-0.25, -0.2) is 0 Å². The molecule has 7 nitrogen and oxygen atoms in total. The summed E-state index contributed by atoms with van der Waals surface area (Å²) in [5.41, 5.74) is 4.63. The highest BCUT2D eigenvalue weighted by Gasteiger charge is 2.44. The van der Waals surface area contributed by atoms with E-state index in [1.807, 2.05) is 48.2 Å². The first-order chi connectivity index (χ1) is 16.0. The quantitative estimate of drug-likeness (QED) is 0.622. The molecule has 0 unspecified atom stereocenters. The van der Waals surface area contributed by atoms with Crippen molar-refractivity contribution in [3.05, 3.63) is 69.5 Å². The number of carbonyl (C=O) groups excluding carboxylic acids is 1. The summed E-state index contributed by atoms with van der Waals surface area (Å²) in [7, 11) is 0. The molecule has 8 heteroatoms. The molecule has 6 rings (SSSR count). The minimum atomic E-state index is 0.0574. The summed E-state index contributed by atoms with van der Waals surface area (Å²) in [6, 6.07) is 12.7. The van der Waals surface area contributed by atoms with E-state index in [1.54, 1.807) is 0 Å². The zero-order valence-electron chi connectivity index (χ0n) is 18.7. The number of nitrogens with one attached hydrogen (secondary N) is 1. The fourth-order valence-corrected chi connectivity index (χ4v) is 5.71. The van der Waals surface area contributed by atoms with Crippen molar-refractivity contribution in [1.29, 1.82) is 0 Å². The average Bonchev–Trinajstić information content (AvgIpc) is 3.55. The number of hydrogen-bond acceptors (Lipinski definition) is 6. The second-order valence-electron chi connectivity index (χ2n) is 9.50. The number of amides is 1. The van der Waals surface area contributed by atoms with Crippen LogP contribution in [0.4, 0.5) is 0 Å². The van der Waals surface area contributed by atoms with Crippen molar-refractivity contribution in [2.45, 2.75) is 45.6 Å². The fourth-order valence-electron chi connectivity index (χ4n) is 5.58. The van der Waals surface area contributed by atoms with Gasteiger partial charge in [0.1, 0.15) is 0 Å². The van der Waals surface area contributed by atoms with E-state index >= 15 is 0 Å². The summed E-state index contributed by atoms with van der Waals surface area (Å²) in [4.78, 5) is 22.1. The number of likely N-dealkylation sites (tertiary alicyclic amines) is 1. The summed E-state index contributed by atoms with van der Waals surface area (Å²) in [5.74, 6) is 1.93. The van der Waals surface area contributed by atoms with Crippen molar-refractivity contribution in [2.75, 3.05) is 13.1 Å². The third-order valence-corrected chi connectivity index (χ3v) is 7.61. The lowest BCUT2D eigenvalue weighted by Gasteiger charge is -2.25. The van der Waals surface area contributed by atoms with Gasteiger partial charge in [0, 0.05) is 54.4 Å². The molecule has 2 fully saturated rings. The van der Waals surface area contributed by atoms with Crippen LogP contribution in [0.1, 0.15) is 39.8 Å². The molecule has 0 radical (unpaired) electrons. The number of halogens is 1. The third kappa shape index (κ3) is 3.64. The van der Waals surface area contributed by atoms with Gasteiger partial charge in [-0.2, -0.15) is 4.98 Å². The lowest BCUT2D eigenvalue weighted by atomic mass is 10.0. The monoisotopic (exact) mass is 463 g/mol. The fraction of sp³-hybridized carbons (Fsp3) is 0.400. The van der Waals surface area contributed by atoms with Crippen LogP contribution in [0.2, 0.25) is 5.02 Å². The minimum absolute atomic E-state index is 0.0574. The second kappa shape index (κ2) is 7.94. The highest BCUT2D eigenvalue weighted by molar-refractivity contribution is 6.30. The summed E-state index contributed by atoms with van der Waals surface area (Å²) in [6.45, 7) is 8.15. The summed E-state index contributed by atoms with van der Waals surface area (Å²) < 4.78 is 5.63. The second-order valence-corrected chi connectivity index (χ2v) is 9.94. The van der Waals surface area contributed by atoms with Crippen LogP contribution in [-0.2, 0) is 19.6 Å². The largest absolute Gasteiger partial charge is 0.334 e. The number of aryl methyl sites for hydroxylation is 1. The maximum absolute atomic E-state index is 13.1. The molecule has 0 saturated carbocycles. The normalized spacial score (nSPS) is 24.2. The van der Waals surface area contributed by atoms with Crippen molar-refractivity contribution in [2.24, 2.45) is 5.92 Å². The minimum Gasteiger partial charge on any atom is -0.334 e. The Morgan fingerprint density at radius 2 is 2.03 bits per heavy atom. The van der Waals surface area contributed by atoms with Crippen LogP contribution in [0.5, 0.6) is 0 Å². The van der Waals surface area contributed by atoms with Crippen LogP contribution < -0.4 is 5.32 Å². The maximum atomic E-state index is 13.1. The average molecular weight is 464 g/mol. The van der Waals surface area contributed by atoms with Crippen LogP contribution in [0, 0.1) is 12.8 Å². The lowest BCUT2D eigenvalue weighted by Crippen LogP contribution is -2.43. The molecular weight excluding hydrogens is 438 g/mol. The van der Waals surface area contributed by atoms with E-state index < -0.39 is 0 Å². The van der Waals surface area contributed by atoms with Crippen molar-refractivity contribution in [3.63, 3.8) is 0 Å². The molecule has 1 aromatic heterocycles. The predicted molar refractivity (Wildman–Crippen MR) is 125 cm³/mol. The molecule has 1 N–H and O–H groups in total. The number of nitrogens with zero attached hydrogens (tertiary/aromatic N) is 4. The zero-order chi connectivity index (χ0) is 22.7. The van der Waals surface area contributed by atoms with Gasteiger partial charge in [0.25, 0.3) is 11.8 Å². The molecule has 3 aliphatic rings. The first-order valence-electron chi connectivity index (χ1n) is 11.4. The standard InChI is InChI=1S/C25H26ClN5O2/c1-14-7-17(24-28-22(29-33-24)13-30-12-20-15(2)21(30)9-27-20)8-18-11-31(25(32)23(14)18)10-16-3-5-19(26)6-4-16/h3-8,15,20-21,27H,9-13H2,1-2H3/t15-,20+,21+/m0/s1. The Kier molecular flexibility index (Phi) is 5.01. The number of rotatable bonds is 5. The molecule has 33 heavy (non-hydrogen) atoms. The van der Waals surface area contributed by atoms with Gasteiger partial charge >= 0.3 is 0 Å². The maximum Gasteiger partial charge on any atom is 0.257 e. The molecule has 4 heterocycles. The van der Waals surface area contributed by atoms with E-state index in [9.17, 15) is 4.79 Å². The number of benzene rings is 2. The zero-order valence-corrected chi connectivity index (χ0v) is 19.5. The SMILES string of the molecule is Cc1cc(-c2nc(CN3C[C@H]4NC[C@@H]3[C@H]4C)no2)cc2c1C(=O)N(Cc1ccc(Cl)cc1)C2. The Morgan fingerprint density at radius 1 is 1.21 bits per heavy atom. The van der Waals surface area contributed by atoms with Crippen molar-refractivity contribution in [3.8, 4) is 11.5 Å². The summed E-state index contributed by atoms with van der Waals surface area (Å²) in [5, 5.41) is 8.50. The number of fused-ring (bicyclic) bond motifs is 3. The number of piperazine rings is 1. The Labute approximate surface area is 197 Å². The smallest absolute Gasteiger partial charge is 0.257 e. The molecule has 3 atom stereocenters. The molecule has 0 spiro atoms. The molecule has 1 amide bonds. The number of hydrogen-bond donors (Lipinski definition) is 1. The van der Waals surface area contributed by atoms with Crippen molar-refractivity contribution < 1.29 is 9.32 Å². The number of aromatic nitrogens is 2. The van der Waals surface area contributed by atoms with E-state index in [0.29, 0.717) is 54.4 Å². The molecule has 170 valence electrons. The third-order valence-electron chi connectivity index (χ3n) is 7.36. The summed E-state index contributed by atoms with van der Waals surface area (Å²) >= 11 is 5.99. The van der Waals surface area contributed by atoms with E-state index in [-0.39, 0.29) is 5.91 Å². The first-order valence-corrected chi connectivity index (χ1v) is 11.8. The van der Waals surface area contributed by atoms with Crippen molar-refractivity contribution in [1.82, 2.24) is 25.3 Å². The van der Waals surface area contributed by atoms with Gasteiger partial charge < -0.3 is 14.7 Å². The van der Waals surface area contributed by atoms with Crippen LogP contribution in [0.15, 0.2) is 40.9 Å². The van der Waals surface area contributed by atoms with Crippen LogP contribution in [-0.4, -0.2) is 51.0 Å². The molecule has 2 bridgehead atoms.